The summed E-state index contributed by atoms with van der Waals surface area (Å²) in [5.74, 6) is 0.688. The van der Waals surface area contributed by atoms with Crippen LogP contribution in [0.1, 0.15) is 24.3 Å². The van der Waals surface area contributed by atoms with Crippen LogP contribution in [0.15, 0.2) is 71.3 Å². The average molecular weight is 370 g/mol. The van der Waals surface area contributed by atoms with E-state index in [1.54, 1.807) is 30.5 Å². The molecule has 3 aromatic rings. The first kappa shape index (κ1) is 17.9. The SMILES string of the molecule is CC(Nc1ccc(NC(=O)NCc2ccco2)cc1Cl)c1ccccc1. The third-order valence-electron chi connectivity index (χ3n) is 3.90. The van der Waals surface area contributed by atoms with Crippen LogP contribution in [0.2, 0.25) is 5.02 Å². The maximum absolute atomic E-state index is 11.9. The Morgan fingerprint density at radius 2 is 1.92 bits per heavy atom. The van der Waals surface area contributed by atoms with Gasteiger partial charge in [-0.15, -0.1) is 0 Å². The molecule has 0 fully saturated rings. The zero-order valence-corrected chi connectivity index (χ0v) is 15.1. The average Bonchev–Trinajstić information content (AvgIpc) is 3.16. The van der Waals surface area contributed by atoms with Gasteiger partial charge in [0.05, 0.1) is 23.5 Å². The number of rotatable bonds is 6. The van der Waals surface area contributed by atoms with Crippen molar-refractivity contribution in [3.05, 3.63) is 83.3 Å². The summed E-state index contributed by atoms with van der Waals surface area (Å²) in [5, 5.41) is 9.39. The van der Waals surface area contributed by atoms with Crippen molar-refractivity contribution in [2.45, 2.75) is 19.5 Å². The van der Waals surface area contributed by atoms with Gasteiger partial charge in [-0.25, -0.2) is 4.79 Å². The normalized spacial score (nSPS) is 11.6. The minimum atomic E-state index is -0.323. The molecule has 134 valence electrons. The van der Waals surface area contributed by atoms with Gasteiger partial charge >= 0.3 is 6.03 Å². The highest BCUT2D eigenvalue weighted by Crippen LogP contribution is 2.28. The van der Waals surface area contributed by atoms with Crippen molar-refractivity contribution in [1.29, 1.82) is 0 Å². The topological polar surface area (TPSA) is 66.3 Å². The van der Waals surface area contributed by atoms with Crippen molar-refractivity contribution in [3.63, 3.8) is 0 Å². The lowest BCUT2D eigenvalue weighted by atomic mass is 10.1. The van der Waals surface area contributed by atoms with E-state index in [1.807, 2.05) is 24.3 Å². The second kappa shape index (κ2) is 8.45. The summed E-state index contributed by atoms with van der Waals surface area (Å²) in [6, 6.07) is 18.8. The van der Waals surface area contributed by atoms with Crippen LogP contribution in [0.25, 0.3) is 0 Å². The highest BCUT2D eigenvalue weighted by atomic mass is 35.5. The van der Waals surface area contributed by atoms with Crippen LogP contribution in [-0.4, -0.2) is 6.03 Å². The number of hydrogen-bond acceptors (Lipinski definition) is 3. The third-order valence-corrected chi connectivity index (χ3v) is 4.21. The van der Waals surface area contributed by atoms with Gasteiger partial charge in [0.25, 0.3) is 0 Å². The van der Waals surface area contributed by atoms with E-state index in [2.05, 4.69) is 35.0 Å². The molecule has 1 heterocycles. The molecular formula is C20H20ClN3O2. The number of nitrogens with one attached hydrogen (secondary N) is 3. The molecule has 0 bridgehead atoms. The molecule has 1 atom stereocenters. The zero-order chi connectivity index (χ0) is 18.4. The quantitative estimate of drug-likeness (QED) is 0.543. The smallest absolute Gasteiger partial charge is 0.319 e. The van der Waals surface area contributed by atoms with Crippen molar-refractivity contribution >= 4 is 29.0 Å². The molecule has 3 N–H and O–H groups in total. The Kier molecular flexibility index (Phi) is 5.81. The highest BCUT2D eigenvalue weighted by molar-refractivity contribution is 6.33. The lowest BCUT2D eigenvalue weighted by molar-refractivity contribution is 0.251. The molecule has 0 radical (unpaired) electrons. The Morgan fingerprint density at radius 1 is 1.12 bits per heavy atom. The first-order chi connectivity index (χ1) is 12.6. The molecule has 0 spiro atoms. The fraction of sp³-hybridized carbons (Fsp3) is 0.150. The summed E-state index contributed by atoms with van der Waals surface area (Å²) in [6.45, 7) is 2.39. The zero-order valence-electron chi connectivity index (χ0n) is 14.3. The Labute approximate surface area is 157 Å². The van der Waals surface area contributed by atoms with Gasteiger partial charge in [-0.05, 0) is 42.8 Å². The summed E-state index contributed by atoms with van der Waals surface area (Å²) < 4.78 is 5.17. The van der Waals surface area contributed by atoms with Gasteiger partial charge in [-0.1, -0.05) is 41.9 Å². The van der Waals surface area contributed by atoms with E-state index < -0.39 is 0 Å². The largest absolute Gasteiger partial charge is 0.467 e. The van der Waals surface area contributed by atoms with Gasteiger partial charge in [0, 0.05) is 11.7 Å². The lowest BCUT2D eigenvalue weighted by Gasteiger charge is -2.17. The third kappa shape index (κ3) is 4.80. The monoisotopic (exact) mass is 369 g/mol. The van der Waals surface area contributed by atoms with Gasteiger partial charge in [0.15, 0.2) is 0 Å². The molecule has 2 amide bonds. The molecule has 0 saturated heterocycles. The Bertz CT molecular complexity index is 851. The van der Waals surface area contributed by atoms with Crippen LogP contribution < -0.4 is 16.0 Å². The van der Waals surface area contributed by atoms with Gasteiger partial charge in [-0.2, -0.15) is 0 Å². The van der Waals surface area contributed by atoms with Gasteiger partial charge < -0.3 is 20.4 Å². The number of hydrogen-bond donors (Lipinski definition) is 3. The van der Waals surface area contributed by atoms with Crippen LogP contribution in [0, 0.1) is 0 Å². The van der Waals surface area contributed by atoms with Crippen molar-refractivity contribution in [3.8, 4) is 0 Å². The Hall–Kier alpha value is -2.92. The number of carbonyl (C=O) groups excluding carboxylic acids is 1. The number of furan rings is 1. The first-order valence-electron chi connectivity index (χ1n) is 8.30. The summed E-state index contributed by atoms with van der Waals surface area (Å²) in [5.41, 5.74) is 2.59. The summed E-state index contributed by atoms with van der Waals surface area (Å²) in [6.07, 6.45) is 1.57. The molecule has 1 aromatic heterocycles. The fourth-order valence-electron chi connectivity index (χ4n) is 2.52. The maximum Gasteiger partial charge on any atom is 0.319 e. The van der Waals surface area contributed by atoms with E-state index in [9.17, 15) is 4.79 Å². The van der Waals surface area contributed by atoms with Crippen LogP contribution in [-0.2, 0) is 6.54 Å². The minimum Gasteiger partial charge on any atom is -0.467 e. The van der Waals surface area contributed by atoms with E-state index >= 15 is 0 Å². The highest BCUT2D eigenvalue weighted by Gasteiger charge is 2.09. The molecule has 0 saturated carbocycles. The second-order valence-electron chi connectivity index (χ2n) is 5.86. The second-order valence-corrected chi connectivity index (χ2v) is 6.27. The predicted molar refractivity (Wildman–Crippen MR) is 104 cm³/mol. The molecule has 0 aliphatic heterocycles. The maximum atomic E-state index is 11.9. The molecular weight excluding hydrogens is 350 g/mol. The Balaban J connectivity index is 1.57. The van der Waals surface area contributed by atoms with E-state index in [-0.39, 0.29) is 12.1 Å². The number of halogens is 1. The number of urea groups is 1. The number of anilines is 2. The van der Waals surface area contributed by atoms with Crippen molar-refractivity contribution < 1.29 is 9.21 Å². The van der Waals surface area contributed by atoms with Crippen LogP contribution in [0.3, 0.4) is 0 Å². The molecule has 2 aromatic carbocycles. The van der Waals surface area contributed by atoms with Crippen molar-refractivity contribution in [2.24, 2.45) is 0 Å². The number of benzene rings is 2. The summed E-state index contributed by atoms with van der Waals surface area (Å²) in [4.78, 5) is 11.9. The van der Waals surface area contributed by atoms with Crippen LogP contribution >= 0.6 is 11.6 Å². The van der Waals surface area contributed by atoms with Gasteiger partial charge in [-0.3, -0.25) is 0 Å². The molecule has 6 heteroatoms. The lowest BCUT2D eigenvalue weighted by Crippen LogP contribution is -2.28. The summed E-state index contributed by atoms with van der Waals surface area (Å²) >= 11 is 6.35. The van der Waals surface area contributed by atoms with Crippen molar-refractivity contribution in [1.82, 2.24) is 5.32 Å². The number of carbonyl (C=O) groups is 1. The molecule has 26 heavy (non-hydrogen) atoms. The fourth-order valence-corrected chi connectivity index (χ4v) is 2.76. The van der Waals surface area contributed by atoms with E-state index in [0.29, 0.717) is 23.0 Å². The van der Waals surface area contributed by atoms with E-state index in [1.165, 1.54) is 5.56 Å². The standard InChI is InChI=1S/C20H20ClN3O2/c1-14(15-6-3-2-4-7-15)23-19-10-9-16(12-18(19)21)24-20(25)22-13-17-8-5-11-26-17/h2-12,14,23H,13H2,1H3,(H2,22,24,25). The Morgan fingerprint density at radius 3 is 2.62 bits per heavy atom. The van der Waals surface area contributed by atoms with Crippen LogP contribution in [0.4, 0.5) is 16.2 Å². The van der Waals surface area contributed by atoms with Gasteiger partial charge in [0.1, 0.15) is 5.76 Å². The minimum absolute atomic E-state index is 0.115. The molecule has 5 nitrogen and oxygen atoms in total. The molecule has 0 aliphatic rings. The number of amides is 2. The van der Waals surface area contributed by atoms with E-state index in [4.69, 9.17) is 16.0 Å². The first-order valence-corrected chi connectivity index (χ1v) is 8.68. The van der Waals surface area contributed by atoms with Crippen LogP contribution in [0.5, 0.6) is 0 Å². The molecule has 1 unspecified atom stereocenters. The summed E-state index contributed by atoms with van der Waals surface area (Å²) in [7, 11) is 0. The van der Waals surface area contributed by atoms with Gasteiger partial charge in [0.2, 0.25) is 0 Å². The molecule has 3 rings (SSSR count). The van der Waals surface area contributed by atoms with E-state index in [0.717, 1.165) is 5.69 Å². The molecule has 0 aliphatic carbocycles. The van der Waals surface area contributed by atoms with Crippen molar-refractivity contribution in [2.75, 3.05) is 10.6 Å². The predicted octanol–water partition coefficient (Wildman–Crippen LogP) is 5.43.